The van der Waals surface area contributed by atoms with E-state index in [0.717, 1.165) is 12.8 Å². The maximum atomic E-state index is 12.1. The van der Waals surface area contributed by atoms with Gasteiger partial charge in [-0.2, -0.15) is 0 Å². The Hall–Kier alpha value is -1.43. The normalized spacial score (nSPS) is 20.9. The zero-order chi connectivity index (χ0) is 14.4. The molecular weight excluding hydrogens is 246 g/mol. The number of nitrogens with two attached hydrogens (primary N) is 1. The predicted molar refractivity (Wildman–Crippen MR) is 71.1 cm³/mol. The highest BCUT2D eigenvalue weighted by atomic mass is 16.2. The van der Waals surface area contributed by atoms with Gasteiger partial charge < -0.3 is 11.1 Å². The molecule has 0 aromatic rings. The van der Waals surface area contributed by atoms with E-state index in [0.29, 0.717) is 19.4 Å². The summed E-state index contributed by atoms with van der Waals surface area (Å²) in [5.74, 6) is -0.543. The van der Waals surface area contributed by atoms with Gasteiger partial charge >= 0.3 is 0 Å². The molecule has 0 bridgehead atoms. The van der Waals surface area contributed by atoms with E-state index in [9.17, 15) is 14.4 Å². The Morgan fingerprint density at radius 3 is 2.74 bits per heavy atom. The Morgan fingerprint density at radius 1 is 1.47 bits per heavy atom. The number of likely N-dealkylation sites (tertiary alicyclic amines) is 1. The molecule has 19 heavy (non-hydrogen) atoms. The maximum Gasteiger partial charge on any atom is 0.247 e. The van der Waals surface area contributed by atoms with Crippen LogP contribution in [0.2, 0.25) is 0 Å². The van der Waals surface area contributed by atoms with Gasteiger partial charge in [0.25, 0.3) is 0 Å². The minimum Gasteiger partial charge on any atom is -0.370 e. The molecule has 1 fully saturated rings. The van der Waals surface area contributed by atoms with Crippen LogP contribution in [0.5, 0.6) is 0 Å². The fourth-order valence-corrected chi connectivity index (χ4v) is 2.16. The Bertz CT molecular complexity index is 357. The van der Waals surface area contributed by atoms with Gasteiger partial charge in [-0.05, 0) is 32.7 Å². The van der Waals surface area contributed by atoms with E-state index >= 15 is 0 Å². The van der Waals surface area contributed by atoms with Gasteiger partial charge in [-0.3, -0.25) is 19.3 Å². The van der Waals surface area contributed by atoms with E-state index in [1.54, 1.807) is 0 Å². The third-order valence-corrected chi connectivity index (χ3v) is 3.46. The monoisotopic (exact) mass is 269 g/mol. The fourth-order valence-electron chi connectivity index (χ4n) is 2.16. The molecule has 1 rings (SSSR count). The zero-order valence-corrected chi connectivity index (χ0v) is 11.6. The molecule has 0 aliphatic carbocycles. The van der Waals surface area contributed by atoms with Gasteiger partial charge in [0.2, 0.25) is 17.7 Å². The summed E-state index contributed by atoms with van der Waals surface area (Å²) < 4.78 is 0. The highest BCUT2D eigenvalue weighted by molar-refractivity contribution is 6.05. The molecule has 3 amide bonds. The molecule has 0 radical (unpaired) electrons. The summed E-state index contributed by atoms with van der Waals surface area (Å²) in [5.41, 5.74) is 5.04. The van der Waals surface area contributed by atoms with Gasteiger partial charge in [-0.15, -0.1) is 0 Å². The van der Waals surface area contributed by atoms with Gasteiger partial charge in [0.15, 0.2) is 0 Å². The Balaban J connectivity index is 2.34. The molecule has 1 aliphatic rings. The van der Waals surface area contributed by atoms with Crippen molar-refractivity contribution >= 4 is 17.7 Å². The van der Waals surface area contributed by atoms with Crippen LogP contribution in [-0.4, -0.2) is 41.2 Å². The molecule has 0 aromatic heterocycles. The predicted octanol–water partition coefficient (Wildman–Crippen LogP) is 0.158. The summed E-state index contributed by atoms with van der Waals surface area (Å²) in [6.07, 6.45) is 2.83. The maximum absolute atomic E-state index is 12.1. The first-order valence-electron chi connectivity index (χ1n) is 6.85. The minimum atomic E-state index is -0.407. The number of primary amides is 1. The van der Waals surface area contributed by atoms with Crippen molar-refractivity contribution in [2.75, 3.05) is 6.54 Å². The van der Waals surface area contributed by atoms with Crippen LogP contribution >= 0.6 is 0 Å². The number of nitrogens with zero attached hydrogens (tertiary/aromatic N) is 1. The van der Waals surface area contributed by atoms with Crippen LogP contribution in [0.1, 0.15) is 46.0 Å². The van der Waals surface area contributed by atoms with Gasteiger partial charge in [-0.1, -0.05) is 6.92 Å². The number of hydrogen-bond donors (Lipinski definition) is 2. The van der Waals surface area contributed by atoms with Crippen LogP contribution in [0.4, 0.5) is 0 Å². The number of carbonyl (C=O) groups excluding carboxylic acids is 3. The molecule has 1 heterocycles. The first-order chi connectivity index (χ1) is 8.97. The average Bonchev–Trinajstić information content (AvgIpc) is 2.63. The van der Waals surface area contributed by atoms with Crippen LogP contribution in [0, 0.1) is 0 Å². The number of hydrogen-bond acceptors (Lipinski definition) is 4. The molecule has 1 aliphatic heterocycles. The fraction of sp³-hybridized carbons (Fsp3) is 0.769. The van der Waals surface area contributed by atoms with Crippen molar-refractivity contribution in [3.05, 3.63) is 0 Å². The van der Waals surface area contributed by atoms with Gasteiger partial charge in [0.1, 0.15) is 0 Å². The first-order valence-corrected chi connectivity index (χ1v) is 6.85. The van der Waals surface area contributed by atoms with E-state index < -0.39 is 6.04 Å². The minimum absolute atomic E-state index is 0.0401. The smallest absolute Gasteiger partial charge is 0.247 e. The molecule has 0 spiro atoms. The largest absolute Gasteiger partial charge is 0.370 e. The Kier molecular flexibility index (Phi) is 5.95. The lowest BCUT2D eigenvalue weighted by atomic mass is 10.2. The Labute approximate surface area is 113 Å². The lowest BCUT2D eigenvalue weighted by Gasteiger charge is -2.21. The van der Waals surface area contributed by atoms with Crippen LogP contribution < -0.4 is 11.1 Å². The molecule has 0 saturated carbocycles. The molecule has 6 nitrogen and oxygen atoms in total. The standard InChI is InChI=1S/C13H23N3O3/c1-3-9(2)16-12(18)8-10(13(16)19)15-7-5-4-6-11(14)17/h9-10,15H,3-8H2,1-2H3,(H2,14,17). The molecule has 0 aromatic carbocycles. The molecular formula is C13H23N3O3. The molecule has 1 saturated heterocycles. The lowest BCUT2D eigenvalue weighted by Crippen LogP contribution is -2.42. The highest BCUT2D eigenvalue weighted by Gasteiger charge is 2.39. The van der Waals surface area contributed by atoms with Crippen molar-refractivity contribution in [3.8, 4) is 0 Å². The highest BCUT2D eigenvalue weighted by Crippen LogP contribution is 2.17. The van der Waals surface area contributed by atoms with Crippen LogP contribution in [-0.2, 0) is 14.4 Å². The van der Waals surface area contributed by atoms with Crippen molar-refractivity contribution in [1.29, 1.82) is 0 Å². The van der Waals surface area contributed by atoms with Gasteiger partial charge in [-0.25, -0.2) is 0 Å². The summed E-state index contributed by atoms with van der Waals surface area (Å²) >= 11 is 0. The molecule has 2 unspecified atom stereocenters. The average molecular weight is 269 g/mol. The van der Waals surface area contributed by atoms with Crippen molar-refractivity contribution < 1.29 is 14.4 Å². The number of rotatable bonds is 8. The first kappa shape index (κ1) is 15.6. The van der Waals surface area contributed by atoms with Gasteiger partial charge in [0.05, 0.1) is 12.5 Å². The third-order valence-electron chi connectivity index (χ3n) is 3.46. The summed E-state index contributed by atoms with van der Waals surface area (Å²) in [4.78, 5) is 35.8. The third kappa shape index (κ3) is 4.31. The van der Waals surface area contributed by atoms with E-state index in [-0.39, 0.29) is 30.2 Å². The van der Waals surface area contributed by atoms with E-state index in [1.807, 2.05) is 13.8 Å². The topological polar surface area (TPSA) is 92.5 Å². The SMILES string of the molecule is CCC(C)N1C(=O)CC(NCCCCC(N)=O)C1=O. The van der Waals surface area contributed by atoms with Crippen molar-refractivity contribution in [2.45, 2.75) is 58.0 Å². The molecule has 3 N–H and O–H groups in total. The van der Waals surface area contributed by atoms with Crippen molar-refractivity contribution in [2.24, 2.45) is 5.73 Å². The summed E-state index contributed by atoms with van der Waals surface area (Å²) in [6.45, 7) is 4.45. The van der Waals surface area contributed by atoms with Crippen LogP contribution in [0.3, 0.4) is 0 Å². The molecule has 2 atom stereocenters. The van der Waals surface area contributed by atoms with Crippen molar-refractivity contribution in [1.82, 2.24) is 10.2 Å². The van der Waals surface area contributed by atoms with Crippen LogP contribution in [0.15, 0.2) is 0 Å². The lowest BCUT2D eigenvalue weighted by molar-refractivity contribution is -0.141. The Morgan fingerprint density at radius 2 is 2.16 bits per heavy atom. The van der Waals surface area contributed by atoms with Crippen LogP contribution in [0.25, 0.3) is 0 Å². The summed E-state index contributed by atoms with van der Waals surface area (Å²) in [5, 5.41) is 3.08. The van der Waals surface area contributed by atoms with Crippen molar-refractivity contribution in [3.63, 3.8) is 0 Å². The summed E-state index contributed by atoms with van der Waals surface area (Å²) in [7, 11) is 0. The number of amides is 3. The number of imide groups is 1. The van der Waals surface area contributed by atoms with Gasteiger partial charge in [0, 0.05) is 12.5 Å². The number of carbonyl (C=O) groups is 3. The number of unbranched alkanes of at least 4 members (excludes halogenated alkanes) is 1. The number of nitrogens with one attached hydrogen (secondary N) is 1. The quantitative estimate of drug-likeness (QED) is 0.485. The summed E-state index contributed by atoms with van der Waals surface area (Å²) in [6, 6.07) is -0.447. The zero-order valence-electron chi connectivity index (χ0n) is 11.6. The van der Waals surface area contributed by atoms with E-state index in [1.165, 1.54) is 4.90 Å². The van der Waals surface area contributed by atoms with E-state index in [4.69, 9.17) is 5.73 Å². The molecule has 108 valence electrons. The second-order valence-electron chi connectivity index (χ2n) is 4.99. The second-order valence-corrected chi connectivity index (χ2v) is 4.99. The second kappa shape index (κ2) is 7.23. The molecule has 6 heteroatoms. The van der Waals surface area contributed by atoms with E-state index in [2.05, 4.69) is 5.32 Å².